The lowest BCUT2D eigenvalue weighted by atomic mass is 9.37. The summed E-state index contributed by atoms with van der Waals surface area (Å²) in [4.78, 5) is 38.9. The van der Waals surface area contributed by atoms with Crippen LogP contribution in [0.5, 0.6) is 0 Å². The SMILES string of the molecule is CC(=O)O[C@@H]1C[C@@H]2C(C)(C)C(=O)C=C(C)[C@]2(C)[C@H]2CC[C@@]3(C)C(=CC(=O)[C@H]3c3ccoc3)[C@@]21C. The van der Waals surface area contributed by atoms with E-state index in [1.54, 1.807) is 12.5 Å². The molecule has 4 aliphatic carbocycles. The molecule has 1 heterocycles. The Labute approximate surface area is 202 Å². The molecule has 1 aromatic heterocycles. The third-order valence-corrected chi connectivity index (χ3v) is 10.5. The van der Waals surface area contributed by atoms with Crippen molar-refractivity contribution >= 4 is 17.5 Å². The van der Waals surface area contributed by atoms with Gasteiger partial charge >= 0.3 is 5.97 Å². The molecule has 0 unspecified atom stereocenters. The fraction of sp³-hybridized carbons (Fsp3) is 0.621. The van der Waals surface area contributed by atoms with Gasteiger partial charge in [-0.1, -0.05) is 40.2 Å². The topological polar surface area (TPSA) is 73.6 Å². The maximum absolute atomic E-state index is 13.5. The van der Waals surface area contributed by atoms with E-state index in [4.69, 9.17) is 9.15 Å². The molecule has 0 bridgehead atoms. The van der Waals surface area contributed by atoms with Crippen molar-refractivity contribution in [2.45, 2.75) is 79.8 Å². The van der Waals surface area contributed by atoms with Crippen LogP contribution >= 0.6 is 0 Å². The average molecular weight is 465 g/mol. The molecule has 0 aromatic carbocycles. The van der Waals surface area contributed by atoms with Crippen LogP contribution in [0.3, 0.4) is 0 Å². The number of furan rings is 1. The Hall–Kier alpha value is -2.43. The maximum atomic E-state index is 13.5. The minimum absolute atomic E-state index is 0.0478. The Bertz CT molecular complexity index is 1140. The van der Waals surface area contributed by atoms with Crippen molar-refractivity contribution in [3.05, 3.63) is 47.5 Å². The lowest BCUT2D eigenvalue weighted by Gasteiger charge is -2.67. The first-order valence-corrected chi connectivity index (χ1v) is 12.5. The minimum Gasteiger partial charge on any atom is -0.472 e. The van der Waals surface area contributed by atoms with Crippen LogP contribution in [-0.4, -0.2) is 23.6 Å². The monoisotopic (exact) mass is 464 g/mol. The standard InChI is InChI=1S/C29H36O5/c1-16-12-23(32)26(3,4)21-14-24(34-17(2)30)29(7)20(28(16,21)6)8-10-27(5)22(29)13-19(31)25(27)18-9-11-33-15-18/h9,11-13,15,20-21,24-25H,8,10,14H2,1-7H3/t20-,21-,24-,25-,27+,28-,29-/m1/s1. The van der Waals surface area contributed by atoms with E-state index in [0.717, 1.165) is 29.6 Å². The number of carbonyl (C=O) groups is 3. The molecule has 0 saturated heterocycles. The number of rotatable bonds is 2. The van der Waals surface area contributed by atoms with E-state index in [9.17, 15) is 14.4 Å². The van der Waals surface area contributed by atoms with E-state index in [1.807, 2.05) is 32.1 Å². The summed E-state index contributed by atoms with van der Waals surface area (Å²) in [6, 6.07) is 1.89. The van der Waals surface area contributed by atoms with Gasteiger partial charge in [0.15, 0.2) is 11.6 Å². The molecule has 5 rings (SSSR count). The average Bonchev–Trinajstić information content (AvgIpc) is 3.34. The molecule has 2 fully saturated rings. The molecular formula is C29H36O5. The molecule has 0 radical (unpaired) electrons. The van der Waals surface area contributed by atoms with Gasteiger partial charge in [-0.15, -0.1) is 0 Å². The molecule has 5 heteroatoms. The molecule has 0 N–H and O–H groups in total. The van der Waals surface area contributed by atoms with Crippen LogP contribution in [0.15, 0.2) is 46.3 Å². The van der Waals surface area contributed by atoms with Crippen LogP contribution in [0.25, 0.3) is 0 Å². The second-order valence-corrected chi connectivity index (χ2v) is 12.3. The summed E-state index contributed by atoms with van der Waals surface area (Å²) < 4.78 is 11.5. The largest absolute Gasteiger partial charge is 0.472 e. The van der Waals surface area contributed by atoms with Gasteiger partial charge in [-0.2, -0.15) is 0 Å². The van der Waals surface area contributed by atoms with Gasteiger partial charge < -0.3 is 9.15 Å². The molecule has 0 amide bonds. The van der Waals surface area contributed by atoms with Gasteiger partial charge in [-0.3, -0.25) is 14.4 Å². The zero-order valence-electron chi connectivity index (χ0n) is 21.4. The van der Waals surface area contributed by atoms with E-state index in [1.165, 1.54) is 6.92 Å². The highest BCUT2D eigenvalue weighted by atomic mass is 16.5. The maximum Gasteiger partial charge on any atom is 0.302 e. The minimum atomic E-state index is -0.548. The Balaban J connectivity index is 1.71. The summed E-state index contributed by atoms with van der Waals surface area (Å²) >= 11 is 0. The fourth-order valence-corrected chi connectivity index (χ4v) is 8.75. The van der Waals surface area contributed by atoms with Crippen molar-refractivity contribution in [1.29, 1.82) is 0 Å². The Morgan fingerprint density at radius 3 is 2.38 bits per heavy atom. The lowest BCUT2D eigenvalue weighted by molar-refractivity contribution is -0.189. The molecule has 5 nitrogen and oxygen atoms in total. The zero-order chi connectivity index (χ0) is 24.8. The summed E-state index contributed by atoms with van der Waals surface area (Å²) in [7, 11) is 0. The Morgan fingerprint density at radius 2 is 1.76 bits per heavy atom. The number of esters is 1. The highest BCUT2D eigenvalue weighted by Gasteiger charge is 2.70. The molecule has 0 spiro atoms. The van der Waals surface area contributed by atoms with Crippen LogP contribution in [0.2, 0.25) is 0 Å². The summed E-state index contributed by atoms with van der Waals surface area (Å²) in [6.07, 6.45) is 8.97. The van der Waals surface area contributed by atoms with E-state index in [0.29, 0.717) is 6.42 Å². The van der Waals surface area contributed by atoms with E-state index >= 15 is 0 Å². The first kappa shape index (κ1) is 23.3. The van der Waals surface area contributed by atoms with Gasteiger partial charge in [0, 0.05) is 28.7 Å². The van der Waals surface area contributed by atoms with Crippen LogP contribution < -0.4 is 0 Å². The molecule has 34 heavy (non-hydrogen) atoms. The third kappa shape index (κ3) is 2.70. The van der Waals surface area contributed by atoms with Gasteiger partial charge in [0.2, 0.25) is 0 Å². The zero-order valence-corrected chi connectivity index (χ0v) is 21.4. The predicted molar refractivity (Wildman–Crippen MR) is 128 cm³/mol. The van der Waals surface area contributed by atoms with Crippen molar-refractivity contribution in [3.63, 3.8) is 0 Å². The van der Waals surface area contributed by atoms with Crippen molar-refractivity contribution < 1.29 is 23.5 Å². The quantitative estimate of drug-likeness (QED) is 0.517. The van der Waals surface area contributed by atoms with E-state index in [2.05, 4.69) is 27.7 Å². The molecule has 4 aliphatic rings. The predicted octanol–water partition coefficient (Wildman–Crippen LogP) is 5.81. The van der Waals surface area contributed by atoms with Crippen LogP contribution in [0, 0.1) is 33.5 Å². The molecule has 0 aliphatic heterocycles. The first-order valence-electron chi connectivity index (χ1n) is 12.5. The second-order valence-electron chi connectivity index (χ2n) is 12.3. The molecule has 7 atom stereocenters. The first-order chi connectivity index (χ1) is 15.8. The molecular weight excluding hydrogens is 428 g/mol. The number of carbonyl (C=O) groups excluding carboxylic acids is 3. The normalized spacial score (nSPS) is 42.8. The van der Waals surface area contributed by atoms with Gasteiger partial charge in [0.05, 0.1) is 18.4 Å². The number of ether oxygens (including phenoxy) is 1. The summed E-state index contributed by atoms with van der Waals surface area (Å²) in [6.45, 7) is 14.3. The van der Waals surface area contributed by atoms with Crippen molar-refractivity contribution in [2.24, 2.45) is 33.5 Å². The van der Waals surface area contributed by atoms with Crippen molar-refractivity contribution in [2.75, 3.05) is 0 Å². The molecule has 2 saturated carbocycles. The van der Waals surface area contributed by atoms with Gasteiger partial charge in [-0.05, 0) is 67.2 Å². The van der Waals surface area contributed by atoms with Gasteiger partial charge in [0.1, 0.15) is 6.10 Å². The van der Waals surface area contributed by atoms with Crippen LogP contribution in [0.4, 0.5) is 0 Å². The third-order valence-electron chi connectivity index (χ3n) is 10.5. The van der Waals surface area contributed by atoms with Gasteiger partial charge in [-0.25, -0.2) is 0 Å². The van der Waals surface area contributed by atoms with Crippen molar-refractivity contribution in [3.8, 4) is 0 Å². The summed E-state index contributed by atoms with van der Waals surface area (Å²) in [5.74, 6) is -0.170. The number of allylic oxidation sites excluding steroid dienone is 3. The highest BCUT2D eigenvalue weighted by molar-refractivity contribution is 6.01. The Kier molecular flexibility index (Phi) is 4.84. The second kappa shape index (κ2) is 7.05. The molecule has 1 aromatic rings. The van der Waals surface area contributed by atoms with Crippen molar-refractivity contribution in [1.82, 2.24) is 0 Å². The van der Waals surface area contributed by atoms with E-state index < -0.39 is 16.9 Å². The number of ketones is 2. The van der Waals surface area contributed by atoms with E-state index in [-0.39, 0.29) is 46.1 Å². The highest BCUT2D eigenvalue weighted by Crippen LogP contribution is 2.73. The summed E-state index contributed by atoms with van der Waals surface area (Å²) in [5, 5.41) is 0. The number of hydrogen-bond donors (Lipinski definition) is 0. The Morgan fingerprint density at radius 1 is 1.06 bits per heavy atom. The van der Waals surface area contributed by atoms with Crippen LogP contribution in [0.1, 0.15) is 79.2 Å². The fourth-order valence-electron chi connectivity index (χ4n) is 8.75. The smallest absolute Gasteiger partial charge is 0.302 e. The summed E-state index contributed by atoms with van der Waals surface area (Å²) in [5.41, 5.74) is 1.45. The van der Waals surface area contributed by atoms with Crippen LogP contribution in [-0.2, 0) is 19.1 Å². The number of hydrogen-bond acceptors (Lipinski definition) is 5. The molecule has 182 valence electrons. The van der Waals surface area contributed by atoms with Gasteiger partial charge in [0.25, 0.3) is 0 Å². The lowest BCUT2D eigenvalue weighted by Crippen LogP contribution is -2.65. The number of fused-ring (bicyclic) bond motifs is 5.